The molecule has 8 nitrogen and oxygen atoms in total. The second-order valence-electron chi connectivity index (χ2n) is 9.60. The van der Waals surface area contributed by atoms with Crippen molar-refractivity contribution in [2.24, 2.45) is 13.0 Å². The summed E-state index contributed by atoms with van der Waals surface area (Å²) in [6.45, 7) is 3.44. The molecule has 37 heavy (non-hydrogen) atoms. The highest BCUT2D eigenvalue weighted by Crippen LogP contribution is 2.43. The molecule has 2 aromatic carbocycles. The average Bonchev–Trinajstić information content (AvgIpc) is 3.45. The molecule has 1 aliphatic heterocycles. The first kappa shape index (κ1) is 23.4. The van der Waals surface area contributed by atoms with E-state index in [4.69, 9.17) is 14.5 Å². The maximum Gasteiger partial charge on any atom is 0.337 e. The zero-order chi connectivity index (χ0) is 25.5. The van der Waals surface area contributed by atoms with E-state index in [1.165, 1.54) is 12.7 Å². The molecule has 1 atom stereocenters. The van der Waals surface area contributed by atoms with Crippen LogP contribution in [-0.2, 0) is 16.5 Å². The van der Waals surface area contributed by atoms with Crippen molar-refractivity contribution in [2.75, 3.05) is 20.3 Å². The van der Waals surface area contributed by atoms with Gasteiger partial charge in [0.2, 0.25) is 0 Å². The van der Waals surface area contributed by atoms with Gasteiger partial charge in [0.1, 0.15) is 0 Å². The van der Waals surface area contributed by atoms with Crippen molar-refractivity contribution < 1.29 is 14.3 Å². The molecule has 0 radical (unpaired) electrons. The summed E-state index contributed by atoms with van der Waals surface area (Å²) in [5.74, 6) is -0.0172. The number of fused-ring (bicyclic) bond motifs is 3. The van der Waals surface area contributed by atoms with Gasteiger partial charge in [-0.15, -0.1) is 5.10 Å². The predicted molar refractivity (Wildman–Crippen MR) is 141 cm³/mol. The summed E-state index contributed by atoms with van der Waals surface area (Å²) in [6, 6.07) is 18.4. The van der Waals surface area contributed by atoms with Gasteiger partial charge < -0.3 is 14.0 Å². The van der Waals surface area contributed by atoms with Crippen LogP contribution in [0.25, 0.3) is 33.2 Å². The first-order valence-corrected chi connectivity index (χ1v) is 12.6. The minimum absolute atomic E-state index is 0.0161. The molecule has 1 aliphatic rings. The lowest BCUT2D eigenvalue weighted by atomic mass is 9.86. The van der Waals surface area contributed by atoms with E-state index in [0.717, 1.165) is 64.9 Å². The summed E-state index contributed by atoms with van der Waals surface area (Å²) in [6.07, 6.45) is 3.73. The maximum atomic E-state index is 12.6. The number of pyridine rings is 1. The molecule has 6 rings (SSSR count). The Bertz CT molecular complexity index is 1580. The van der Waals surface area contributed by atoms with Crippen molar-refractivity contribution in [1.82, 2.24) is 24.5 Å². The molecule has 8 heteroatoms. The van der Waals surface area contributed by atoms with Gasteiger partial charge in [0.25, 0.3) is 0 Å². The van der Waals surface area contributed by atoms with Crippen LogP contribution in [-0.4, -0.2) is 50.8 Å². The number of methoxy groups -OCH3 is 1. The number of aryl methyl sites for hydroxylation is 2. The van der Waals surface area contributed by atoms with E-state index in [2.05, 4.69) is 39.1 Å². The summed E-state index contributed by atoms with van der Waals surface area (Å²) in [5.41, 5.74) is 7.38. The number of hydrogen-bond acceptors (Lipinski definition) is 6. The molecule has 0 unspecified atom stereocenters. The number of benzene rings is 2. The summed E-state index contributed by atoms with van der Waals surface area (Å²) in [5, 5.41) is 9.60. The molecular formula is C29H29N5O3. The predicted octanol–water partition coefficient (Wildman–Crippen LogP) is 5.10. The number of esters is 1. The molecule has 0 amide bonds. The quantitative estimate of drug-likeness (QED) is 0.316. The SMILES string of the molecule is COC(=O)c1ccc2c3nccc(-c4c(C)nnn4C)c3n([C@H](c3ccccc3)C3CCOCC3)c2c1. The first-order chi connectivity index (χ1) is 18.1. The highest BCUT2D eigenvalue weighted by molar-refractivity contribution is 6.12. The van der Waals surface area contributed by atoms with E-state index in [1.54, 1.807) is 0 Å². The number of rotatable bonds is 5. The Morgan fingerprint density at radius 3 is 2.59 bits per heavy atom. The molecule has 0 N–H and O–H groups in total. The summed E-state index contributed by atoms with van der Waals surface area (Å²) < 4.78 is 15.0. The van der Waals surface area contributed by atoms with Gasteiger partial charge in [-0.3, -0.25) is 4.98 Å². The van der Waals surface area contributed by atoms with Gasteiger partial charge in [-0.05, 0) is 55.5 Å². The van der Waals surface area contributed by atoms with Crippen molar-refractivity contribution in [3.8, 4) is 11.3 Å². The van der Waals surface area contributed by atoms with Crippen molar-refractivity contribution >= 4 is 27.9 Å². The molecule has 188 valence electrons. The van der Waals surface area contributed by atoms with Crippen LogP contribution < -0.4 is 0 Å². The summed E-state index contributed by atoms with van der Waals surface area (Å²) in [4.78, 5) is 17.4. The van der Waals surface area contributed by atoms with Crippen molar-refractivity contribution in [2.45, 2.75) is 25.8 Å². The molecule has 4 heterocycles. The fraction of sp³-hybridized carbons (Fsp3) is 0.310. The number of carbonyl (C=O) groups excluding carboxylic acids is 1. The number of ether oxygens (including phenoxy) is 2. The lowest BCUT2D eigenvalue weighted by Crippen LogP contribution is -2.27. The smallest absolute Gasteiger partial charge is 0.337 e. The van der Waals surface area contributed by atoms with Crippen LogP contribution in [0.3, 0.4) is 0 Å². The minimum Gasteiger partial charge on any atom is -0.465 e. The Morgan fingerprint density at radius 2 is 1.89 bits per heavy atom. The third-order valence-corrected chi connectivity index (χ3v) is 7.48. The lowest BCUT2D eigenvalue weighted by Gasteiger charge is -2.33. The van der Waals surface area contributed by atoms with E-state index in [-0.39, 0.29) is 12.0 Å². The normalized spacial score (nSPS) is 15.3. The van der Waals surface area contributed by atoms with Crippen LogP contribution in [0, 0.1) is 12.8 Å². The van der Waals surface area contributed by atoms with Crippen molar-refractivity contribution in [1.29, 1.82) is 0 Å². The monoisotopic (exact) mass is 495 g/mol. The van der Waals surface area contributed by atoms with Crippen LogP contribution in [0.1, 0.15) is 40.5 Å². The van der Waals surface area contributed by atoms with E-state index in [9.17, 15) is 4.79 Å². The fourth-order valence-electron chi connectivity index (χ4n) is 5.81. The Hall–Kier alpha value is -4.04. The average molecular weight is 496 g/mol. The van der Waals surface area contributed by atoms with Gasteiger partial charge >= 0.3 is 5.97 Å². The summed E-state index contributed by atoms with van der Waals surface area (Å²) in [7, 11) is 3.33. The second kappa shape index (κ2) is 9.44. The molecule has 5 aromatic rings. The zero-order valence-electron chi connectivity index (χ0n) is 21.2. The fourth-order valence-corrected chi connectivity index (χ4v) is 5.81. The highest BCUT2D eigenvalue weighted by atomic mass is 16.5. The Kier molecular flexibility index (Phi) is 5.96. The highest BCUT2D eigenvalue weighted by Gasteiger charge is 2.32. The van der Waals surface area contributed by atoms with Crippen LogP contribution in [0.5, 0.6) is 0 Å². The van der Waals surface area contributed by atoms with Gasteiger partial charge in [0.05, 0.1) is 46.7 Å². The molecule has 0 saturated carbocycles. The standard InChI is InChI=1S/C29H29N5O3/c1-18-26(33(2)32-31-18)23-11-14-30-25-22-10-9-21(29(35)36-3)17-24(22)34(28(23)25)27(19-7-5-4-6-8-19)20-12-15-37-16-13-20/h4-11,14,17,20,27H,12-13,15-16H2,1-3H3/t27-/m1/s1. The molecule has 1 fully saturated rings. The Morgan fingerprint density at radius 1 is 1.11 bits per heavy atom. The van der Waals surface area contributed by atoms with Crippen molar-refractivity contribution in [3.63, 3.8) is 0 Å². The van der Waals surface area contributed by atoms with Crippen LogP contribution in [0.2, 0.25) is 0 Å². The van der Waals surface area contributed by atoms with Crippen LogP contribution in [0.15, 0.2) is 60.8 Å². The largest absolute Gasteiger partial charge is 0.465 e. The van der Waals surface area contributed by atoms with E-state index in [0.29, 0.717) is 11.5 Å². The molecule has 0 spiro atoms. The van der Waals surface area contributed by atoms with E-state index >= 15 is 0 Å². The van der Waals surface area contributed by atoms with Gasteiger partial charge in [-0.25, -0.2) is 9.48 Å². The molecule has 1 saturated heterocycles. The number of nitrogens with zero attached hydrogens (tertiary/aromatic N) is 5. The van der Waals surface area contributed by atoms with Gasteiger partial charge in [-0.2, -0.15) is 0 Å². The Labute approximate surface area is 214 Å². The Balaban J connectivity index is 1.75. The number of hydrogen-bond donors (Lipinski definition) is 0. The van der Waals surface area contributed by atoms with Gasteiger partial charge in [0, 0.05) is 37.4 Å². The van der Waals surface area contributed by atoms with Gasteiger partial charge in [0.15, 0.2) is 0 Å². The minimum atomic E-state index is -0.360. The molecule has 3 aromatic heterocycles. The molecule has 0 bridgehead atoms. The van der Waals surface area contributed by atoms with E-state index in [1.807, 2.05) is 55.2 Å². The molecular weight excluding hydrogens is 466 g/mol. The van der Waals surface area contributed by atoms with Gasteiger partial charge in [-0.1, -0.05) is 35.5 Å². The van der Waals surface area contributed by atoms with Crippen LogP contribution >= 0.6 is 0 Å². The topological polar surface area (TPSA) is 84.1 Å². The summed E-state index contributed by atoms with van der Waals surface area (Å²) >= 11 is 0. The second-order valence-corrected chi connectivity index (χ2v) is 9.60. The lowest BCUT2D eigenvalue weighted by molar-refractivity contribution is 0.0553. The van der Waals surface area contributed by atoms with E-state index < -0.39 is 0 Å². The first-order valence-electron chi connectivity index (χ1n) is 12.6. The maximum absolute atomic E-state index is 12.6. The third kappa shape index (κ3) is 3.88. The van der Waals surface area contributed by atoms with Crippen molar-refractivity contribution in [3.05, 3.63) is 77.6 Å². The molecule has 0 aliphatic carbocycles. The number of aromatic nitrogens is 5. The van der Waals surface area contributed by atoms with Crippen LogP contribution in [0.4, 0.5) is 0 Å². The number of carbonyl (C=O) groups is 1. The zero-order valence-corrected chi connectivity index (χ0v) is 21.2. The third-order valence-electron chi connectivity index (χ3n) is 7.48.